The molecule has 0 radical (unpaired) electrons. The molecule has 2 aliphatic heterocycles. The molecule has 0 aromatic heterocycles. The van der Waals surface area contributed by atoms with Crippen LogP contribution in [-0.4, -0.2) is 38.4 Å². The van der Waals surface area contributed by atoms with Gasteiger partial charge >= 0.3 is 0 Å². The van der Waals surface area contributed by atoms with Crippen molar-refractivity contribution in [2.75, 3.05) is 19.9 Å². The SMILES string of the molecule is CCOC1NCNC2NCNC21. The van der Waals surface area contributed by atoms with Gasteiger partial charge in [0.1, 0.15) is 6.23 Å². The highest BCUT2D eigenvalue weighted by molar-refractivity contribution is 4.93. The lowest BCUT2D eigenvalue weighted by atomic mass is 10.2. The molecule has 0 amide bonds. The third-order valence-corrected chi connectivity index (χ3v) is 2.32. The summed E-state index contributed by atoms with van der Waals surface area (Å²) in [5.41, 5.74) is 0. The molecule has 0 bridgehead atoms. The van der Waals surface area contributed by atoms with E-state index in [0.717, 1.165) is 19.9 Å². The summed E-state index contributed by atoms with van der Waals surface area (Å²) in [4.78, 5) is 0. The molecule has 5 heteroatoms. The fourth-order valence-corrected chi connectivity index (χ4v) is 1.75. The van der Waals surface area contributed by atoms with E-state index >= 15 is 0 Å². The normalized spacial score (nSPS) is 41.2. The minimum atomic E-state index is 0.135. The Labute approximate surface area is 72.2 Å². The zero-order chi connectivity index (χ0) is 8.39. The van der Waals surface area contributed by atoms with E-state index in [9.17, 15) is 0 Å². The van der Waals surface area contributed by atoms with Crippen LogP contribution in [0.5, 0.6) is 0 Å². The molecule has 70 valence electrons. The Bertz CT molecular complexity index is 152. The zero-order valence-electron chi connectivity index (χ0n) is 7.26. The Hall–Kier alpha value is -0.200. The van der Waals surface area contributed by atoms with Crippen LogP contribution in [0.3, 0.4) is 0 Å². The third kappa shape index (κ3) is 1.46. The summed E-state index contributed by atoms with van der Waals surface area (Å²) >= 11 is 0. The molecule has 0 spiro atoms. The highest BCUT2D eigenvalue weighted by Crippen LogP contribution is 2.07. The fourth-order valence-electron chi connectivity index (χ4n) is 1.75. The van der Waals surface area contributed by atoms with Crippen LogP contribution < -0.4 is 21.3 Å². The number of rotatable bonds is 2. The fraction of sp³-hybridized carbons (Fsp3) is 1.00. The molecule has 4 N–H and O–H groups in total. The van der Waals surface area contributed by atoms with Gasteiger partial charge in [-0.2, -0.15) is 0 Å². The Balaban J connectivity index is 1.94. The van der Waals surface area contributed by atoms with Gasteiger partial charge in [-0.15, -0.1) is 0 Å². The van der Waals surface area contributed by atoms with Crippen molar-refractivity contribution in [2.24, 2.45) is 0 Å². The minimum Gasteiger partial charge on any atom is -0.362 e. The van der Waals surface area contributed by atoms with E-state index < -0.39 is 0 Å². The van der Waals surface area contributed by atoms with Crippen LogP contribution in [0.4, 0.5) is 0 Å². The molecule has 12 heavy (non-hydrogen) atoms. The molecule has 2 aliphatic rings. The first-order valence-electron chi connectivity index (χ1n) is 4.47. The molecule has 3 atom stereocenters. The van der Waals surface area contributed by atoms with Crippen LogP contribution in [0, 0.1) is 0 Å². The van der Waals surface area contributed by atoms with E-state index in [1.807, 2.05) is 6.92 Å². The molecular weight excluding hydrogens is 156 g/mol. The molecule has 0 saturated carbocycles. The molecular formula is C7H16N4O. The Morgan fingerprint density at radius 1 is 1.17 bits per heavy atom. The number of ether oxygens (including phenoxy) is 1. The third-order valence-electron chi connectivity index (χ3n) is 2.32. The van der Waals surface area contributed by atoms with Gasteiger partial charge in [-0.3, -0.25) is 21.3 Å². The molecule has 5 nitrogen and oxygen atoms in total. The Morgan fingerprint density at radius 2 is 1.92 bits per heavy atom. The van der Waals surface area contributed by atoms with E-state index in [4.69, 9.17) is 4.74 Å². The standard InChI is InChI=1S/C7H16N4O/c1-2-12-7-5-6(9-3-8-5)10-4-11-7/h5-11H,2-4H2,1H3. The summed E-state index contributed by atoms with van der Waals surface area (Å²) in [6, 6.07) is 0.346. The first kappa shape index (κ1) is 8.40. The summed E-state index contributed by atoms with van der Waals surface area (Å²) in [5.74, 6) is 0. The Kier molecular flexibility index (Phi) is 2.57. The second kappa shape index (κ2) is 3.68. The van der Waals surface area contributed by atoms with Crippen molar-refractivity contribution in [1.29, 1.82) is 0 Å². The summed E-state index contributed by atoms with van der Waals surface area (Å²) in [5, 5.41) is 13.2. The van der Waals surface area contributed by atoms with Crippen molar-refractivity contribution in [3.63, 3.8) is 0 Å². The number of fused-ring (bicyclic) bond motifs is 1. The summed E-state index contributed by atoms with van der Waals surface area (Å²) in [6.07, 6.45) is 0.485. The Morgan fingerprint density at radius 3 is 2.67 bits per heavy atom. The van der Waals surface area contributed by atoms with Crippen LogP contribution in [0.1, 0.15) is 6.92 Å². The topological polar surface area (TPSA) is 57.4 Å². The lowest BCUT2D eigenvalue weighted by Crippen LogP contribution is -2.64. The van der Waals surface area contributed by atoms with E-state index in [1.54, 1.807) is 0 Å². The van der Waals surface area contributed by atoms with Crippen LogP contribution >= 0.6 is 0 Å². The van der Waals surface area contributed by atoms with Crippen molar-refractivity contribution in [3.8, 4) is 0 Å². The van der Waals surface area contributed by atoms with E-state index in [-0.39, 0.29) is 6.23 Å². The first-order chi connectivity index (χ1) is 5.92. The average molecular weight is 172 g/mol. The van der Waals surface area contributed by atoms with Crippen molar-refractivity contribution in [1.82, 2.24) is 21.3 Å². The van der Waals surface area contributed by atoms with Gasteiger partial charge in [-0.25, -0.2) is 0 Å². The number of nitrogens with one attached hydrogen (secondary N) is 4. The lowest BCUT2D eigenvalue weighted by Gasteiger charge is -2.34. The van der Waals surface area contributed by atoms with Crippen molar-refractivity contribution >= 4 is 0 Å². The van der Waals surface area contributed by atoms with Crippen molar-refractivity contribution < 1.29 is 4.74 Å². The smallest absolute Gasteiger partial charge is 0.127 e. The van der Waals surface area contributed by atoms with Crippen molar-refractivity contribution in [3.05, 3.63) is 0 Å². The number of hydrogen-bond donors (Lipinski definition) is 4. The molecule has 0 aliphatic carbocycles. The second-order valence-electron chi connectivity index (χ2n) is 3.05. The average Bonchev–Trinajstić information content (AvgIpc) is 2.53. The molecule has 2 heterocycles. The van der Waals surface area contributed by atoms with Gasteiger partial charge in [0.2, 0.25) is 0 Å². The highest BCUT2D eigenvalue weighted by atomic mass is 16.5. The molecule has 2 rings (SSSR count). The minimum absolute atomic E-state index is 0.135. The lowest BCUT2D eigenvalue weighted by molar-refractivity contribution is -0.00894. The van der Waals surface area contributed by atoms with E-state index in [1.165, 1.54) is 0 Å². The van der Waals surface area contributed by atoms with Gasteiger partial charge in [0.25, 0.3) is 0 Å². The van der Waals surface area contributed by atoms with Gasteiger partial charge in [0, 0.05) is 19.9 Å². The van der Waals surface area contributed by atoms with E-state index in [2.05, 4.69) is 21.3 Å². The predicted molar refractivity (Wildman–Crippen MR) is 45.3 cm³/mol. The van der Waals surface area contributed by atoms with Crippen LogP contribution in [-0.2, 0) is 4.74 Å². The molecule has 3 unspecified atom stereocenters. The molecule has 2 saturated heterocycles. The van der Waals surface area contributed by atoms with Gasteiger partial charge in [0.05, 0.1) is 12.2 Å². The predicted octanol–water partition coefficient (Wildman–Crippen LogP) is -1.66. The highest BCUT2D eigenvalue weighted by Gasteiger charge is 2.36. The summed E-state index contributed by atoms with van der Waals surface area (Å²) in [7, 11) is 0. The summed E-state index contributed by atoms with van der Waals surface area (Å²) in [6.45, 7) is 4.43. The second-order valence-corrected chi connectivity index (χ2v) is 3.05. The van der Waals surface area contributed by atoms with Gasteiger partial charge in [-0.1, -0.05) is 0 Å². The van der Waals surface area contributed by atoms with Crippen LogP contribution in [0.2, 0.25) is 0 Å². The largest absolute Gasteiger partial charge is 0.362 e. The van der Waals surface area contributed by atoms with E-state index in [0.29, 0.717) is 12.2 Å². The maximum absolute atomic E-state index is 5.54. The maximum Gasteiger partial charge on any atom is 0.127 e. The summed E-state index contributed by atoms with van der Waals surface area (Å²) < 4.78 is 5.54. The maximum atomic E-state index is 5.54. The molecule has 0 aromatic carbocycles. The number of hydrogen-bond acceptors (Lipinski definition) is 5. The molecule has 2 fully saturated rings. The van der Waals surface area contributed by atoms with Crippen molar-refractivity contribution in [2.45, 2.75) is 25.4 Å². The first-order valence-corrected chi connectivity index (χ1v) is 4.47. The van der Waals surface area contributed by atoms with Gasteiger partial charge in [-0.05, 0) is 6.92 Å². The molecule has 0 aromatic rings. The van der Waals surface area contributed by atoms with Gasteiger partial charge < -0.3 is 4.74 Å². The monoisotopic (exact) mass is 172 g/mol. The zero-order valence-corrected chi connectivity index (χ0v) is 7.26. The quantitative estimate of drug-likeness (QED) is 0.402. The van der Waals surface area contributed by atoms with Crippen LogP contribution in [0.15, 0.2) is 0 Å². The van der Waals surface area contributed by atoms with Gasteiger partial charge in [0.15, 0.2) is 0 Å². The van der Waals surface area contributed by atoms with Crippen LogP contribution in [0.25, 0.3) is 0 Å².